The number of hydrogen-bond donors (Lipinski definition) is 1. The highest BCUT2D eigenvalue weighted by Crippen LogP contribution is 2.44. The second-order valence-corrected chi connectivity index (χ2v) is 10.7. The van der Waals surface area contributed by atoms with Gasteiger partial charge in [-0.25, -0.2) is 4.68 Å². The molecule has 1 amide bonds. The van der Waals surface area contributed by atoms with Gasteiger partial charge in [0.15, 0.2) is 5.69 Å². The van der Waals surface area contributed by atoms with E-state index in [1.165, 1.54) is 0 Å². The third-order valence-corrected chi connectivity index (χ3v) is 7.02. The summed E-state index contributed by atoms with van der Waals surface area (Å²) in [6, 6.07) is 5.76. The summed E-state index contributed by atoms with van der Waals surface area (Å²) < 4.78 is 19.1. The molecule has 0 unspecified atom stereocenters. The highest BCUT2D eigenvalue weighted by molar-refractivity contribution is 7.08. The molecule has 1 aliphatic heterocycles. The molecule has 10 heteroatoms. The molecule has 0 aliphatic carbocycles. The smallest absolute Gasteiger partial charge is 0.274 e. The molecule has 0 saturated carbocycles. The van der Waals surface area contributed by atoms with Crippen LogP contribution in [0.4, 0.5) is 0 Å². The fraction of sp³-hybridized carbons (Fsp3) is 0.407. The summed E-state index contributed by atoms with van der Waals surface area (Å²) in [6.07, 6.45) is 1.81. The van der Waals surface area contributed by atoms with Gasteiger partial charge in [0.05, 0.1) is 24.2 Å². The van der Waals surface area contributed by atoms with Crippen LogP contribution in [0.25, 0.3) is 22.6 Å². The monoisotopic (exact) mass is 525 g/mol. The van der Waals surface area contributed by atoms with Crippen molar-refractivity contribution in [2.45, 2.75) is 39.8 Å². The van der Waals surface area contributed by atoms with Gasteiger partial charge >= 0.3 is 0 Å². The topological polar surface area (TPSA) is 95.1 Å². The van der Waals surface area contributed by atoms with Crippen molar-refractivity contribution in [3.05, 3.63) is 52.0 Å². The second kappa shape index (κ2) is 10.5. The molecule has 0 spiro atoms. The van der Waals surface area contributed by atoms with Gasteiger partial charge in [-0.2, -0.15) is 16.4 Å². The van der Waals surface area contributed by atoms with Crippen molar-refractivity contribution in [1.82, 2.24) is 19.6 Å². The van der Waals surface area contributed by atoms with Crippen LogP contribution in [-0.4, -0.2) is 65.6 Å². The quantitative estimate of drug-likeness (QED) is 0.431. The Kier molecular flexibility index (Phi) is 7.52. The molecule has 0 saturated heterocycles. The fourth-order valence-electron chi connectivity index (χ4n) is 4.05. The SMILES string of the molecule is CCOCN(C)/C=C(\N)c1cc2c(cc1OC)OCc1c(C(=O)N(C)C(C)(C)C)nn(-c3ccsc3)c1-2. The van der Waals surface area contributed by atoms with E-state index in [9.17, 15) is 4.79 Å². The number of methoxy groups -OCH3 is 1. The van der Waals surface area contributed by atoms with Gasteiger partial charge in [0.25, 0.3) is 5.91 Å². The number of nitrogens with two attached hydrogens (primary N) is 1. The first-order valence-electron chi connectivity index (χ1n) is 12.1. The van der Waals surface area contributed by atoms with Gasteiger partial charge in [0.2, 0.25) is 0 Å². The predicted molar refractivity (Wildman–Crippen MR) is 146 cm³/mol. The standard InChI is InChI=1S/C27H35N5O4S/c1-8-35-16-30(5)13-21(28)18-11-19-23(12-22(18)34-7)36-14-20-24(26(33)31(6)27(2,3)4)29-32(25(19)20)17-9-10-37-15-17/h9-13,15H,8,14,16,28H2,1-7H3/b21-13-. The number of nitrogens with zero attached hydrogens (tertiary/aromatic N) is 4. The van der Waals surface area contributed by atoms with E-state index in [2.05, 4.69) is 0 Å². The maximum absolute atomic E-state index is 13.6. The van der Waals surface area contributed by atoms with Crippen molar-refractivity contribution in [2.75, 3.05) is 34.5 Å². The van der Waals surface area contributed by atoms with Crippen LogP contribution in [0.15, 0.2) is 35.2 Å². The van der Waals surface area contributed by atoms with Crippen LogP contribution in [0.5, 0.6) is 11.5 Å². The summed E-state index contributed by atoms with van der Waals surface area (Å²) in [5.41, 5.74) is 11.0. The second-order valence-electron chi connectivity index (χ2n) is 9.90. The lowest BCUT2D eigenvalue weighted by Gasteiger charge is -2.31. The Bertz CT molecular complexity index is 1310. The largest absolute Gasteiger partial charge is 0.496 e. The number of rotatable bonds is 8. The maximum Gasteiger partial charge on any atom is 0.274 e. The lowest BCUT2D eigenvalue weighted by Crippen LogP contribution is -2.43. The number of carbonyl (C=O) groups is 1. The van der Waals surface area contributed by atoms with Gasteiger partial charge in [0.1, 0.15) is 24.8 Å². The first kappa shape index (κ1) is 26.6. The molecular formula is C27H35N5O4S. The summed E-state index contributed by atoms with van der Waals surface area (Å²) in [5.74, 6) is 1.07. The number of ether oxygens (including phenoxy) is 3. The number of carbonyl (C=O) groups excluding carboxylic acids is 1. The molecule has 0 bridgehead atoms. The highest BCUT2D eigenvalue weighted by atomic mass is 32.1. The molecule has 4 rings (SSSR count). The van der Waals surface area contributed by atoms with E-state index in [4.69, 9.17) is 25.0 Å². The van der Waals surface area contributed by atoms with Crippen molar-refractivity contribution in [3.63, 3.8) is 0 Å². The highest BCUT2D eigenvalue weighted by Gasteiger charge is 2.34. The Labute approximate surface area is 222 Å². The molecule has 0 atom stereocenters. The van der Waals surface area contributed by atoms with Crippen molar-refractivity contribution >= 4 is 22.9 Å². The minimum absolute atomic E-state index is 0.157. The average Bonchev–Trinajstić information content (AvgIpc) is 3.53. The zero-order valence-corrected chi connectivity index (χ0v) is 23.3. The van der Waals surface area contributed by atoms with Crippen LogP contribution in [-0.2, 0) is 11.3 Å². The van der Waals surface area contributed by atoms with Crippen LogP contribution >= 0.6 is 11.3 Å². The number of amides is 1. The number of benzene rings is 1. The van der Waals surface area contributed by atoms with Gasteiger partial charge in [-0.15, -0.1) is 0 Å². The van der Waals surface area contributed by atoms with E-state index in [1.54, 1.807) is 30.4 Å². The lowest BCUT2D eigenvalue weighted by atomic mass is 9.97. The Hall–Kier alpha value is -3.50. The van der Waals surface area contributed by atoms with Gasteiger partial charge in [-0.1, -0.05) is 0 Å². The molecule has 37 heavy (non-hydrogen) atoms. The van der Waals surface area contributed by atoms with Crippen molar-refractivity contribution in [1.29, 1.82) is 0 Å². The van der Waals surface area contributed by atoms with Gasteiger partial charge < -0.3 is 29.7 Å². The number of aromatic nitrogens is 2. The van der Waals surface area contributed by atoms with Crippen LogP contribution in [0.2, 0.25) is 0 Å². The molecule has 198 valence electrons. The molecular weight excluding hydrogens is 490 g/mol. The average molecular weight is 526 g/mol. The van der Waals surface area contributed by atoms with Gasteiger partial charge in [-0.05, 0) is 45.2 Å². The minimum Gasteiger partial charge on any atom is -0.496 e. The van der Waals surface area contributed by atoms with E-state index < -0.39 is 0 Å². The number of hydrogen-bond acceptors (Lipinski definition) is 8. The zero-order chi connectivity index (χ0) is 26.9. The molecule has 1 aromatic carbocycles. The molecule has 0 radical (unpaired) electrons. The maximum atomic E-state index is 13.6. The Balaban J connectivity index is 1.89. The lowest BCUT2D eigenvalue weighted by molar-refractivity contribution is 0.0646. The number of thiophene rings is 1. The molecule has 0 fully saturated rings. The van der Waals surface area contributed by atoms with Crippen molar-refractivity contribution < 1.29 is 19.0 Å². The summed E-state index contributed by atoms with van der Waals surface area (Å²) >= 11 is 1.57. The third-order valence-electron chi connectivity index (χ3n) is 6.35. The molecule has 3 heterocycles. The van der Waals surface area contributed by atoms with Gasteiger partial charge in [-0.3, -0.25) is 4.79 Å². The van der Waals surface area contributed by atoms with E-state index in [0.29, 0.717) is 41.8 Å². The Morgan fingerprint density at radius 3 is 2.70 bits per heavy atom. The molecule has 2 N–H and O–H groups in total. The summed E-state index contributed by atoms with van der Waals surface area (Å²) in [4.78, 5) is 17.1. The van der Waals surface area contributed by atoms with Crippen LogP contribution in [0.1, 0.15) is 49.3 Å². The van der Waals surface area contributed by atoms with E-state index in [1.807, 2.05) is 79.5 Å². The first-order valence-corrected chi connectivity index (χ1v) is 13.0. The normalized spacial score (nSPS) is 13.0. The number of fused-ring (bicyclic) bond motifs is 3. The fourth-order valence-corrected chi connectivity index (χ4v) is 4.67. The van der Waals surface area contributed by atoms with Crippen LogP contribution < -0.4 is 15.2 Å². The zero-order valence-electron chi connectivity index (χ0n) is 22.5. The summed E-state index contributed by atoms with van der Waals surface area (Å²) in [7, 11) is 5.29. The van der Waals surface area contributed by atoms with E-state index in [-0.39, 0.29) is 18.1 Å². The van der Waals surface area contributed by atoms with E-state index in [0.717, 1.165) is 22.5 Å². The summed E-state index contributed by atoms with van der Waals surface area (Å²) in [5, 5.41) is 8.81. The molecule has 1 aliphatic rings. The molecule has 2 aromatic heterocycles. The van der Waals surface area contributed by atoms with Crippen molar-refractivity contribution in [2.24, 2.45) is 5.73 Å². The van der Waals surface area contributed by atoms with E-state index >= 15 is 0 Å². The van der Waals surface area contributed by atoms with Gasteiger partial charge in [0, 0.05) is 60.6 Å². The Morgan fingerprint density at radius 2 is 2.08 bits per heavy atom. The molecule has 3 aromatic rings. The van der Waals surface area contributed by atoms with Crippen molar-refractivity contribution in [3.8, 4) is 28.4 Å². The first-order chi connectivity index (χ1) is 17.6. The predicted octanol–water partition coefficient (Wildman–Crippen LogP) is 4.56. The van der Waals surface area contributed by atoms with Crippen LogP contribution in [0.3, 0.4) is 0 Å². The molecule has 9 nitrogen and oxygen atoms in total. The van der Waals surface area contributed by atoms with Crippen LogP contribution in [0, 0.1) is 0 Å². The minimum atomic E-state index is -0.364. The summed E-state index contributed by atoms with van der Waals surface area (Å²) in [6.45, 7) is 9.17. The Morgan fingerprint density at radius 1 is 1.32 bits per heavy atom. The third kappa shape index (κ3) is 5.17.